The van der Waals surface area contributed by atoms with Crippen molar-refractivity contribution in [3.8, 4) is 11.1 Å². The SMILES string of the molecule is O=C(NCc1cc2c(F)c(-c3cnn(C4COC4)c3)ccc2cn1)c1cc(Cl)cc(S(=O)(=O)C(F)F)c1. The molecule has 0 unspecified atom stereocenters. The minimum absolute atomic E-state index is 0.128. The molecule has 1 aliphatic heterocycles. The van der Waals surface area contributed by atoms with E-state index in [4.69, 9.17) is 16.3 Å². The van der Waals surface area contributed by atoms with Crippen LogP contribution in [0.25, 0.3) is 21.9 Å². The number of carbonyl (C=O) groups is 1. The van der Waals surface area contributed by atoms with Crippen LogP contribution < -0.4 is 5.32 Å². The van der Waals surface area contributed by atoms with Crippen LogP contribution in [0.2, 0.25) is 5.02 Å². The van der Waals surface area contributed by atoms with Gasteiger partial charge in [-0.3, -0.25) is 14.5 Å². The highest BCUT2D eigenvalue weighted by molar-refractivity contribution is 7.91. The number of fused-ring (bicyclic) bond motifs is 1. The lowest BCUT2D eigenvalue weighted by molar-refractivity contribution is -0.0286. The highest BCUT2D eigenvalue weighted by atomic mass is 35.5. The maximum Gasteiger partial charge on any atom is 0.341 e. The topological polar surface area (TPSA) is 103 Å². The zero-order chi connectivity index (χ0) is 26.3. The number of halogens is 4. The zero-order valence-electron chi connectivity index (χ0n) is 18.9. The van der Waals surface area contributed by atoms with E-state index in [1.165, 1.54) is 12.3 Å². The highest BCUT2D eigenvalue weighted by Crippen LogP contribution is 2.30. The van der Waals surface area contributed by atoms with Crippen LogP contribution in [0.4, 0.5) is 13.2 Å². The van der Waals surface area contributed by atoms with E-state index in [-0.39, 0.29) is 28.6 Å². The Balaban J connectivity index is 1.37. The highest BCUT2D eigenvalue weighted by Gasteiger charge is 2.28. The Hall–Kier alpha value is -3.48. The molecule has 4 aromatic rings. The normalized spacial score (nSPS) is 14.2. The minimum atomic E-state index is -4.94. The summed E-state index contributed by atoms with van der Waals surface area (Å²) < 4.78 is 71.7. The third kappa shape index (κ3) is 4.91. The lowest BCUT2D eigenvalue weighted by atomic mass is 10.0. The molecule has 0 atom stereocenters. The number of rotatable bonds is 7. The fraction of sp³-hybridized carbons (Fsp3) is 0.208. The number of pyridine rings is 1. The lowest BCUT2D eigenvalue weighted by Crippen LogP contribution is -2.30. The van der Waals surface area contributed by atoms with Crippen LogP contribution in [0, 0.1) is 5.82 Å². The van der Waals surface area contributed by atoms with E-state index < -0.39 is 32.2 Å². The smallest absolute Gasteiger partial charge is 0.341 e. The van der Waals surface area contributed by atoms with Gasteiger partial charge in [0.25, 0.3) is 5.91 Å². The van der Waals surface area contributed by atoms with Crippen molar-refractivity contribution in [3.63, 3.8) is 0 Å². The van der Waals surface area contributed by atoms with Crippen molar-refractivity contribution in [2.24, 2.45) is 0 Å². The van der Waals surface area contributed by atoms with Gasteiger partial charge < -0.3 is 10.1 Å². The van der Waals surface area contributed by atoms with Gasteiger partial charge in [-0.25, -0.2) is 12.8 Å². The first-order chi connectivity index (χ1) is 17.6. The predicted molar refractivity (Wildman–Crippen MR) is 129 cm³/mol. The van der Waals surface area contributed by atoms with Crippen LogP contribution in [-0.2, 0) is 21.1 Å². The molecule has 13 heteroatoms. The Morgan fingerprint density at radius 3 is 2.68 bits per heavy atom. The summed E-state index contributed by atoms with van der Waals surface area (Å²) in [5, 5.41) is 7.44. The van der Waals surface area contributed by atoms with E-state index in [0.717, 1.165) is 18.2 Å². The summed E-state index contributed by atoms with van der Waals surface area (Å²) in [6.07, 6.45) is 4.80. The first kappa shape index (κ1) is 25.2. The largest absolute Gasteiger partial charge is 0.377 e. The molecule has 1 N–H and O–H groups in total. The van der Waals surface area contributed by atoms with Gasteiger partial charge in [-0.2, -0.15) is 13.9 Å². The molecule has 2 aromatic heterocycles. The second-order valence-electron chi connectivity index (χ2n) is 8.39. The van der Waals surface area contributed by atoms with Crippen molar-refractivity contribution in [2.45, 2.75) is 23.2 Å². The van der Waals surface area contributed by atoms with Gasteiger partial charge in [0.2, 0.25) is 9.84 Å². The van der Waals surface area contributed by atoms with Crippen molar-refractivity contribution in [1.82, 2.24) is 20.1 Å². The van der Waals surface area contributed by atoms with Crippen molar-refractivity contribution >= 4 is 38.1 Å². The van der Waals surface area contributed by atoms with Gasteiger partial charge in [-0.15, -0.1) is 0 Å². The van der Waals surface area contributed by atoms with E-state index in [1.54, 1.807) is 29.2 Å². The Morgan fingerprint density at radius 1 is 1.19 bits per heavy atom. The van der Waals surface area contributed by atoms with E-state index in [2.05, 4.69) is 15.4 Å². The maximum absolute atomic E-state index is 15.5. The molecular formula is C24H18ClF3N4O4S. The number of nitrogens with one attached hydrogen (secondary N) is 1. The average Bonchev–Trinajstić information content (AvgIpc) is 3.30. The van der Waals surface area contributed by atoms with Crippen molar-refractivity contribution in [3.05, 3.63) is 77.1 Å². The number of ether oxygens (including phenoxy) is 1. The van der Waals surface area contributed by atoms with Gasteiger partial charge in [0.1, 0.15) is 5.82 Å². The first-order valence-electron chi connectivity index (χ1n) is 10.9. The third-order valence-corrected chi connectivity index (χ3v) is 7.51. The van der Waals surface area contributed by atoms with E-state index >= 15 is 4.39 Å². The van der Waals surface area contributed by atoms with Crippen molar-refractivity contribution in [2.75, 3.05) is 13.2 Å². The van der Waals surface area contributed by atoms with Crippen LogP contribution in [0.1, 0.15) is 22.1 Å². The van der Waals surface area contributed by atoms with Crippen molar-refractivity contribution in [1.29, 1.82) is 0 Å². The molecule has 1 amide bonds. The predicted octanol–water partition coefficient (Wildman–Crippen LogP) is 4.39. The van der Waals surface area contributed by atoms with E-state index in [1.807, 2.05) is 0 Å². The number of sulfone groups is 1. The molecule has 0 bridgehead atoms. The van der Waals surface area contributed by atoms with Gasteiger partial charge >= 0.3 is 5.76 Å². The molecule has 37 heavy (non-hydrogen) atoms. The summed E-state index contributed by atoms with van der Waals surface area (Å²) >= 11 is 5.84. The summed E-state index contributed by atoms with van der Waals surface area (Å²) in [5.41, 5.74) is 1.05. The number of alkyl halides is 2. The quantitative estimate of drug-likeness (QED) is 0.366. The first-order valence-corrected chi connectivity index (χ1v) is 12.9. The Kier molecular flexibility index (Phi) is 6.65. The molecule has 192 valence electrons. The van der Waals surface area contributed by atoms with E-state index in [9.17, 15) is 22.0 Å². The van der Waals surface area contributed by atoms with Gasteiger partial charge in [0.05, 0.1) is 42.6 Å². The average molecular weight is 551 g/mol. The van der Waals surface area contributed by atoms with Crippen LogP contribution in [-0.4, -0.2) is 48.1 Å². The second kappa shape index (κ2) is 9.77. The zero-order valence-corrected chi connectivity index (χ0v) is 20.4. The monoisotopic (exact) mass is 550 g/mol. The fourth-order valence-electron chi connectivity index (χ4n) is 3.83. The summed E-state index contributed by atoms with van der Waals surface area (Å²) in [5.74, 6) is -4.91. The molecule has 0 saturated carbocycles. The number of benzene rings is 2. The molecule has 1 fully saturated rings. The van der Waals surface area contributed by atoms with Gasteiger partial charge in [0, 0.05) is 44.9 Å². The Morgan fingerprint density at radius 2 is 1.97 bits per heavy atom. The molecule has 5 rings (SSSR count). The fourth-order valence-corrected chi connectivity index (χ4v) is 4.92. The molecule has 0 spiro atoms. The second-order valence-corrected chi connectivity index (χ2v) is 10.7. The standard InChI is InChI=1S/C24H18ClF3N4O4S/c25-16-3-14(4-19(5-16)37(34,35)24(27)28)23(33)30-9-17-6-21-13(7-29-17)1-2-20(22(21)26)15-8-31-32(10-15)18-11-36-12-18/h1-8,10,18,24H,9,11-12H2,(H,30,33). The van der Waals surface area contributed by atoms with E-state index in [0.29, 0.717) is 35.4 Å². The summed E-state index contributed by atoms with van der Waals surface area (Å²) in [4.78, 5) is 16.1. The lowest BCUT2D eigenvalue weighted by Gasteiger charge is -2.25. The summed E-state index contributed by atoms with van der Waals surface area (Å²) in [7, 11) is -4.94. The summed E-state index contributed by atoms with van der Waals surface area (Å²) in [6, 6.07) is 7.80. The molecule has 1 aliphatic rings. The third-order valence-electron chi connectivity index (χ3n) is 5.93. The number of hydrogen-bond donors (Lipinski definition) is 1. The van der Waals surface area contributed by atoms with Crippen molar-refractivity contribution < 1.29 is 31.1 Å². The minimum Gasteiger partial charge on any atom is -0.377 e. The van der Waals surface area contributed by atoms with Gasteiger partial charge in [-0.05, 0) is 24.3 Å². The molecule has 0 radical (unpaired) electrons. The Bertz CT molecular complexity index is 1620. The number of nitrogens with zero attached hydrogens (tertiary/aromatic N) is 3. The number of aromatic nitrogens is 3. The number of amides is 1. The summed E-state index contributed by atoms with van der Waals surface area (Å²) in [6.45, 7) is 0.975. The molecule has 8 nitrogen and oxygen atoms in total. The Labute approximate surface area is 213 Å². The number of carbonyl (C=O) groups excluding carboxylic acids is 1. The maximum atomic E-state index is 15.5. The molecule has 2 aromatic carbocycles. The van der Waals surface area contributed by atoms with Gasteiger partial charge in [-0.1, -0.05) is 23.7 Å². The number of hydrogen-bond acceptors (Lipinski definition) is 6. The van der Waals surface area contributed by atoms with Gasteiger partial charge in [0.15, 0.2) is 0 Å². The van der Waals surface area contributed by atoms with Crippen LogP contribution >= 0.6 is 11.6 Å². The van der Waals surface area contributed by atoms with Crippen LogP contribution in [0.15, 0.2) is 59.9 Å². The van der Waals surface area contributed by atoms with Crippen LogP contribution in [0.3, 0.4) is 0 Å². The molecular weight excluding hydrogens is 533 g/mol. The molecule has 3 heterocycles. The molecule has 0 aliphatic carbocycles. The van der Waals surface area contributed by atoms with Crippen LogP contribution in [0.5, 0.6) is 0 Å². The molecule has 1 saturated heterocycles.